The summed E-state index contributed by atoms with van der Waals surface area (Å²) in [6, 6.07) is 9.50. The fourth-order valence-corrected chi connectivity index (χ4v) is 5.93. The second kappa shape index (κ2) is 10.7. The number of hydrogen-bond acceptors (Lipinski definition) is 7. The highest BCUT2D eigenvalue weighted by Gasteiger charge is 2.27. The molecule has 3 heterocycles. The van der Waals surface area contributed by atoms with Gasteiger partial charge in [0.1, 0.15) is 5.69 Å². The number of fused-ring (bicyclic) bond motifs is 1. The van der Waals surface area contributed by atoms with Gasteiger partial charge in [-0.05, 0) is 57.6 Å². The summed E-state index contributed by atoms with van der Waals surface area (Å²) in [6.45, 7) is 7.73. The number of aromatic nitrogens is 4. The van der Waals surface area contributed by atoms with Crippen molar-refractivity contribution in [1.29, 1.82) is 0 Å². The maximum atomic E-state index is 10.1. The molecule has 2 aromatic heterocycles. The number of hydrogen-bond donors (Lipinski definition) is 2. The Kier molecular flexibility index (Phi) is 7.14. The Labute approximate surface area is 220 Å². The van der Waals surface area contributed by atoms with Crippen LogP contribution < -0.4 is 5.32 Å². The smallest absolute Gasteiger partial charge is 0.224 e. The molecule has 37 heavy (non-hydrogen) atoms. The first kappa shape index (κ1) is 24.8. The zero-order valence-electron chi connectivity index (χ0n) is 22.3. The molecule has 3 aliphatic rings. The first-order valence-corrected chi connectivity index (χ1v) is 14.2. The van der Waals surface area contributed by atoms with E-state index in [-0.39, 0.29) is 12.1 Å². The molecule has 1 aliphatic heterocycles. The van der Waals surface area contributed by atoms with Gasteiger partial charge in [0.15, 0.2) is 5.65 Å². The van der Waals surface area contributed by atoms with Crippen molar-refractivity contribution in [3.8, 4) is 11.3 Å². The van der Waals surface area contributed by atoms with E-state index < -0.39 is 0 Å². The summed E-state index contributed by atoms with van der Waals surface area (Å²) in [5.74, 6) is 1.54. The summed E-state index contributed by atoms with van der Waals surface area (Å²) in [6.07, 6.45) is 9.11. The predicted octanol–water partition coefficient (Wildman–Crippen LogP) is 4.32. The monoisotopic (exact) mass is 503 g/mol. The molecule has 1 aromatic carbocycles. The van der Waals surface area contributed by atoms with Crippen LogP contribution in [0.15, 0.2) is 30.5 Å². The van der Waals surface area contributed by atoms with Crippen molar-refractivity contribution in [2.75, 3.05) is 38.5 Å². The molecule has 1 saturated heterocycles. The summed E-state index contributed by atoms with van der Waals surface area (Å²) in [4.78, 5) is 14.6. The maximum Gasteiger partial charge on any atom is 0.224 e. The first-order chi connectivity index (χ1) is 18.0. The van der Waals surface area contributed by atoms with E-state index in [1.54, 1.807) is 0 Å². The first-order valence-electron chi connectivity index (χ1n) is 14.2. The van der Waals surface area contributed by atoms with Crippen molar-refractivity contribution in [2.45, 2.75) is 76.6 Å². The summed E-state index contributed by atoms with van der Waals surface area (Å²) in [5, 5.41) is 19.7. The van der Waals surface area contributed by atoms with Gasteiger partial charge in [-0.25, -0.2) is 9.67 Å². The topological polar surface area (TPSA) is 82.3 Å². The van der Waals surface area contributed by atoms with Crippen LogP contribution in [0.2, 0.25) is 0 Å². The molecular formula is C29H41N7O. The van der Waals surface area contributed by atoms with Crippen LogP contribution in [-0.2, 0) is 6.54 Å². The highest BCUT2D eigenvalue weighted by molar-refractivity contribution is 5.91. The Morgan fingerprint density at radius 3 is 2.43 bits per heavy atom. The Morgan fingerprint density at radius 2 is 1.73 bits per heavy atom. The van der Waals surface area contributed by atoms with Crippen LogP contribution in [0.1, 0.15) is 63.5 Å². The van der Waals surface area contributed by atoms with Gasteiger partial charge in [0.05, 0.1) is 17.5 Å². The number of nitrogens with zero attached hydrogens (tertiary/aromatic N) is 6. The summed E-state index contributed by atoms with van der Waals surface area (Å²) in [7, 11) is 2.20. The lowest BCUT2D eigenvalue weighted by Crippen LogP contribution is -2.43. The molecule has 0 radical (unpaired) electrons. The van der Waals surface area contributed by atoms with E-state index in [9.17, 15) is 5.11 Å². The second-order valence-corrected chi connectivity index (χ2v) is 11.7. The number of aliphatic hydroxyl groups is 1. The molecular weight excluding hydrogens is 462 g/mol. The van der Waals surface area contributed by atoms with Gasteiger partial charge in [-0.15, -0.1) is 0 Å². The zero-order valence-corrected chi connectivity index (χ0v) is 22.3. The third kappa shape index (κ3) is 5.81. The molecule has 6 rings (SSSR count). The number of aliphatic hydroxyl groups excluding tert-OH is 1. The lowest BCUT2D eigenvalue weighted by atomic mass is 9.93. The number of likely N-dealkylation sites (N-methyl/N-ethyl adjacent to an activating group) is 1. The highest BCUT2D eigenvalue weighted by atomic mass is 16.3. The van der Waals surface area contributed by atoms with Gasteiger partial charge in [0, 0.05) is 50.5 Å². The van der Waals surface area contributed by atoms with E-state index in [4.69, 9.17) is 15.1 Å². The van der Waals surface area contributed by atoms with Crippen molar-refractivity contribution in [3.05, 3.63) is 36.0 Å². The van der Waals surface area contributed by atoms with Gasteiger partial charge < -0.3 is 15.3 Å². The second-order valence-electron chi connectivity index (χ2n) is 11.7. The van der Waals surface area contributed by atoms with Gasteiger partial charge in [0.25, 0.3) is 0 Å². The minimum atomic E-state index is -0.194. The Morgan fingerprint density at radius 1 is 1.00 bits per heavy atom. The molecule has 2 N–H and O–H groups in total. The predicted molar refractivity (Wildman–Crippen MR) is 147 cm³/mol. The standard InChI is InChI=1S/C29H41N7O/c1-20(17-21-3-4-21)31-29-30-18-26-27(33-36(28(26)32-29)24-9-11-25(37)12-10-24)23-7-5-22(6-8-23)19-35-15-13-34(2)14-16-35/h5-8,18,20-21,24-25,37H,3-4,9-17,19H2,1-2H3,(H,30,31,32)/t20?,24-,25-. The van der Waals surface area contributed by atoms with Gasteiger partial charge in [-0.3, -0.25) is 4.90 Å². The highest BCUT2D eigenvalue weighted by Crippen LogP contribution is 2.36. The quantitative estimate of drug-likeness (QED) is 0.474. The summed E-state index contributed by atoms with van der Waals surface area (Å²) in [5.41, 5.74) is 4.29. The molecule has 0 bridgehead atoms. The molecule has 8 nitrogen and oxygen atoms in total. The average Bonchev–Trinajstić information content (AvgIpc) is 3.64. The van der Waals surface area contributed by atoms with Crippen molar-refractivity contribution in [2.24, 2.45) is 5.92 Å². The molecule has 2 saturated carbocycles. The van der Waals surface area contributed by atoms with Crippen molar-refractivity contribution in [1.82, 2.24) is 29.5 Å². The maximum absolute atomic E-state index is 10.1. The third-order valence-corrected chi connectivity index (χ3v) is 8.45. The zero-order chi connectivity index (χ0) is 25.4. The van der Waals surface area contributed by atoms with Gasteiger partial charge in [-0.2, -0.15) is 10.1 Å². The van der Waals surface area contributed by atoms with E-state index >= 15 is 0 Å². The van der Waals surface area contributed by atoms with Gasteiger partial charge >= 0.3 is 0 Å². The SMILES string of the molecule is CC(CC1CC1)Nc1ncc2c(-c3ccc(CN4CCN(C)CC4)cc3)nn([C@H]3CC[C@H](O)CC3)c2n1. The van der Waals surface area contributed by atoms with Gasteiger partial charge in [0.2, 0.25) is 5.95 Å². The molecule has 1 unspecified atom stereocenters. The lowest BCUT2D eigenvalue weighted by molar-refractivity contribution is 0.109. The number of rotatable bonds is 8. The van der Waals surface area contributed by atoms with E-state index in [2.05, 4.69) is 58.0 Å². The molecule has 2 aliphatic carbocycles. The van der Waals surface area contributed by atoms with Gasteiger partial charge in [-0.1, -0.05) is 37.1 Å². The summed E-state index contributed by atoms with van der Waals surface area (Å²) >= 11 is 0. The number of piperazine rings is 1. The van der Waals surface area contributed by atoms with E-state index in [1.165, 1.54) is 24.8 Å². The van der Waals surface area contributed by atoms with Crippen LogP contribution in [0.4, 0.5) is 5.95 Å². The van der Waals surface area contributed by atoms with E-state index in [0.717, 1.165) is 86.6 Å². The average molecular weight is 504 g/mol. The van der Waals surface area contributed by atoms with Crippen molar-refractivity contribution in [3.63, 3.8) is 0 Å². The number of nitrogens with one attached hydrogen (secondary N) is 1. The normalized spacial score (nSPS) is 24.4. The fourth-order valence-electron chi connectivity index (χ4n) is 5.93. The largest absolute Gasteiger partial charge is 0.393 e. The van der Waals surface area contributed by atoms with E-state index in [1.807, 2.05) is 6.20 Å². The molecule has 0 amide bonds. The molecule has 198 valence electrons. The van der Waals surface area contributed by atoms with E-state index in [0.29, 0.717) is 12.0 Å². The lowest BCUT2D eigenvalue weighted by Gasteiger charge is -2.32. The van der Waals surface area contributed by atoms with Crippen molar-refractivity contribution < 1.29 is 5.11 Å². The minimum Gasteiger partial charge on any atom is -0.393 e. The Bertz CT molecular complexity index is 1190. The molecule has 1 atom stereocenters. The van der Waals surface area contributed by atoms with Crippen molar-refractivity contribution >= 4 is 17.0 Å². The molecule has 3 aromatic rings. The Hall–Kier alpha value is -2.55. The van der Waals surface area contributed by atoms with Crippen LogP contribution in [0, 0.1) is 5.92 Å². The summed E-state index contributed by atoms with van der Waals surface area (Å²) < 4.78 is 2.12. The minimum absolute atomic E-state index is 0.194. The Balaban J connectivity index is 1.27. The fraction of sp³-hybridized carbons (Fsp3) is 0.621. The molecule has 3 fully saturated rings. The van der Waals surface area contributed by atoms with Crippen LogP contribution in [0.5, 0.6) is 0 Å². The van der Waals surface area contributed by atoms with Crippen LogP contribution >= 0.6 is 0 Å². The molecule has 0 spiro atoms. The van der Waals surface area contributed by atoms with Crippen LogP contribution in [0.3, 0.4) is 0 Å². The number of anilines is 1. The number of benzene rings is 1. The van der Waals surface area contributed by atoms with Crippen LogP contribution in [0.25, 0.3) is 22.3 Å². The third-order valence-electron chi connectivity index (χ3n) is 8.45. The van der Waals surface area contributed by atoms with Crippen LogP contribution in [-0.4, -0.2) is 80.0 Å². The molecule has 8 heteroatoms.